The van der Waals surface area contributed by atoms with Crippen molar-refractivity contribution in [1.29, 1.82) is 0 Å². The van der Waals surface area contributed by atoms with E-state index in [0.717, 1.165) is 13.0 Å². The molecule has 2 heteroatoms. The van der Waals surface area contributed by atoms with Crippen LogP contribution in [0.3, 0.4) is 0 Å². The highest BCUT2D eigenvalue weighted by Crippen LogP contribution is 2.32. The van der Waals surface area contributed by atoms with Crippen LogP contribution in [0, 0.1) is 0 Å². The van der Waals surface area contributed by atoms with Crippen LogP contribution in [0.1, 0.15) is 31.9 Å². The van der Waals surface area contributed by atoms with Crippen LogP contribution in [0.5, 0.6) is 0 Å². The van der Waals surface area contributed by atoms with Crippen LogP contribution in [0.4, 0.5) is 0 Å². The molecule has 0 aliphatic heterocycles. The third-order valence-electron chi connectivity index (χ3n) is 2.89. The quantitative estimate of drug-likeness (QED) is 0.764. The van der Waals surface area contributed by atoms with Crippen LogP contribution in [-0.4, -0.2) is 6.54 Å². The average Bonchev–Trinajstić information content (AvgIpc) is 2.71. The van der Waals surface area contributed by atoms with Gasteiger partial charge in [-0.05, 0) is 42.3 Å². The van der Waals surface area contributed by atoms with E-state index in [1.807, 2.05) is 11.3 Å². The predicted octanol–water partition coefficient (Wildman–Crippen LogP) is 4.52. The molecule has 17 heavy (non-hydrogen) atoms. The number of fused-ring (bicyclic) bond motifs is 1. The van der Waals surface area contributed by atoms with Gasteiger partial charge in [-0.3, -0.25) is 0 Å². The molecule has 0 saturated carbocycles. The SMILES string of the molecule is C=C(C)CC(NCC)c1csc2ccccc12. The number of rotatable bonds is 5. The number of thiophene rings is 1. The van der Waals surface area contributed by atoms with Gasteiger partial charge in [0, 0.05) is 10.7 Å². The van der Waals surface area contributed by atoms with E-state index in [4.69, 9.17) is 0 Å². The molecule has 90 valence electrons. The van der Waals surface area contributed by atoms with E-state index < -0.39 is 0 Å². The molecule has 1 aromatic carbocycles. The maximum Gasteiger partial charge on any atom is 0.0371 e. The lowest BCUT2D eigenvalue weighted by atomic mass is 10.00. The topological polar surface area (TPSA) is 12.0 Å². The molecule has 0 spiro atoms. The Kier molecular flexibility index (Phi) is 3.97. The van der Waals surface area contributed by atoms with E-state index in [1.54, 1.807) is 0 Å². The Morgan fingerprint density at radius 1 is 1.41 bits per heavy atom. The van der Waals surface area contributed by atoms with E-state index >= 15 is 0 Å². The van der Waals surface area contributed by atoms with E-state index in [9.17, 15) is 0 Å². The van der Waals surface area contributed by atoms with Crippen LogP contribution in [0.15, 0.2) is 41.8 Å². The number of hydrogen-bond acceptors (Lipinski definition) is 2. The lowest BCUT2D eigenvalue weighted by Gasteiger charge is -2.17. The van der Waals surface area contributed by atoms with Crippen LogP contribution in [0.25, 0.3) is 10.1 Å². The molecular formula is C15H19NS. The zero-order valence-electron chi connectivity index (χ0n) is 10.5. The molecule has 1 nitrogen and oxygen atoms in total. The van der Waals surface area contributed by atoms with Gasteiger partial charge in [-0.1, -0.05) is 30.7 Å². The van der Waals surface area contributed by atoms with Crippen molar-refractivity contribution in [2.75, 3.05) is 6.54 Å². The van der Waals surface area contributed by atoms with Crippen LogP contribution in [-0.2, 0) is 0 Å². The monoisotopic (exact) mass is 245 g/mol. The van der Waals surface area contributed by atoms with Gasteiger partial charge in [-0.25, -0.2) is 0 Å². The maximum atomic E-state index is 4.03. The molecule has 0 aliphatic rings. The minimum absolute atomic E-state index is 0.397. The summed E-state index contributed by atoms with van der Waals surface area (Å²) in [5.74, 6) is 0. The molecule has 0 bridgehead atoms. The maximum absolute atomic E-state index is 4.03. The molecule has 2 aromatic rings. The Balaban J connectivity index is 2.37. The first-order valence-corrected chi connectivity index (χ1v) is 6.94. The third-order valence-corrected chi connectivity index (χ3v) is 3.87. The van der Waals surface area contributed by atoms with Crippen molar-refractivity contribution in [2.45, 2.75) is 26.3 Å². The van der Waals surface area contributed by atoms with Gasteiger partial charge in [-0.15, -0.1) is 17.9 Å². The van der Waals surface area contributed by atoms with Crippen molar-refractivity contribution < 1.29 is 0 Å². The fourth-order valence-electron chi connectivity index (χ4n) is 2.16. The average molecular weight is 245 g/mol. The van der Waals surface area contributed by atoms with Crippen LogP contribution >= 0.6 is 11.3 Å². The van der Waals surface area contributed by atoms with Gasteiger partial charge in [-0.2, -0.15) is 0 Å². The van der Waals surface area contributed by atoms with E-state index in [2.05, 4.69) is 55.4 Å². The normalized spacial score (nSPS) is 12.8. The van der Waals surface area contributed by atoms with Crippen molar-refractivity contribution in [3.8, 4) is 0 Å². The minimum atomic E-state index is 0.397. The lowest BCUT2D eigenvalue weighted by Crippen LogP contribution is -2.20. The summed E-state index contributed by atoms with van der Waals surface area (Å²) in [5.41, 5.74) is 2.64. The summed E-state index contributed by atoms with van der Waals surface area (Å²) in [5, 5.41) is 7.21. The molecule has 1 aromatic heterocycles. The predicted molar refractivity (Wildman–Crippen MR) is 77.7 cm³/mol. The molecule has 0 amide bonds. The van der Waals surface area contributed by atoms with Gasteiger partial charge in [0.05, 0.1) is 0 Å². The first kappa shape index (κ1) is 12.3. The van der Waals surface area contributed by atoms with E-state index in [-0.39, 0.29) is 0 Å². The van der Waals surface area contributed by atoms with Gasteiger partial charge in [0.25, 0.3) is 0 Å². The summed E-state index contributed by atoms with van der Waals surface area (Å²) in [4.78, 5) is 0. The Morgan fingerprint density at radius 2 is 2.18 bits per heavy atom. The second-order valence-electron chi connectivity index (χ2n) is 4.46. The first-order chi connectivity index (χ1) is 8.22. The zero-order chi connectivity index (χ0) is 12.3. The Bertz CT molecular complexity index is 512. The highest BCUT2D eigenvalue weighted by molar-refractivity contribution is 7.17. The van der Waals surface area contributed by atoms with Crippen molar-refractivity contribution >= 4 is 21.4 Å². The lowest BCUT2D eigenvalue weighted by molar-refractivity contribution is 0.553. The van der Waals surface area contributed by atoms with Gasteiger partial charge in [0.1, 0.15) is 0 Å². The fraction of sp³-hybridized carbons (Fsp3) is 0.333. The Morgan fingerprint density at radius 3 is 2.88 bits per heavy atom. The Labute approximate surface area is 107 Å². The molecule has 0 aliphatic carbocycles. The fourth-order valence-corrected chi connectivity index (χ4v) is 3.17. The van der Waals surface area contributed by atoms with E-state index in [0.29, 0.717) is 6.04 Å². The summed E-state index contributed by atoms with van der Waals surface area (Å²) in [6.45, 7) is 9.27. The molecule has 0 saturated heterocycles. The summed E-state index contributed by atoms with van der Waals surface area (Å²) in [6.07, 6.45) is 1.01. The first-order valence-electron chi connectivity index (χ1n) is 6.06. The van der Waals surface area contributed by atoms with Gasteiger partial charge < -0.3 is 5.32 Å². The second-order valence-corrected chi connectivity index (χ2v) is 5.37. The third kappa shape index (κ3) is 2.76. The highest BCUT2D eigenvalue weighted by atomic mass is 32.1. The van der Waals surface area contributed by atoms with Gasteiger partial charge in [0.15, 0.2) is 0 Å². The smallest absolute Gasteiger partial charge is 0.0371 e. The van der Waals surface area contributed by atoms with Gasteiger partial charge >= 0.3 is 0 Å². The standard InChI is InChI=1S/C15H19NS/c1-4-16-14(9-11(2)3)13-10-17-15-8-6-5-7-12(13)15/h5-8,10,14,16H,2,4,9H2,1,3H3. The highest BCUT2D eigenvalue weighted by Gasteiger charge is 2.14. The summed E-state index contributed by atoms with van der Waals surface area (Å²) in [6, 6.07) is 9.01. The van der Waals surface area contributed by atoms with Crippen molar-refractivity contribution in [2.24, 2.45) is 0 Å². The van der Waals surface area contributed by atoms with Gasteiger partial charge in [0.2, 0.25) is 0 Å². The molecule has 0 fully saturated rings. The molecule has 1 heterocycles. The van der Waals surface area contributed by atoms with Crippen molar-refractivity contribution in [3.63, 3.8) is 0 Å². The zero-order valence-corrected chi connectivity index (χ0v) is 11.3. The van der Waals surface area contributed by atoms with Crippen molar-refractivity contribution in [3.05, 3.63) is 47.4 Å². The number of hydrogen-bond donors (Lipinski definition) is 1. The summed E-state index contributed by atoms with van der Waals surface area (Å²) in [7, 11) is 0. The molecule has 0 radical (unpaired) electrons. The van der Waals surface area contributed by atoms with Crippen molar-refractivity contribution in [1.82, 2.24) is 5.32 Å². The second kappa shape index (κ2) is 5.48. The molecular weight excluding hydrogens is 226 g/mol. The molecule has 1 unspecified atom stereocenters. The minimum Gasteiger partial charge on any atom is -0.310 e. The van der Waals surface area contributed by atoms with Crippen LogP contribution in [0.2, 0.25) is 0 Å². The number of benzene rings is 1. The molecule has 2 rings (SSSR count). The van der Waals surface area contributed by atoms with E-state index in [1.165, 1.54) is 21.2 Å². The Hall–Kier alpha value is -1.12. The van der Waals surface area contributed by atoms with Crippen LogP contribution < -0.4 is 5.32 Å². The summed E-state index contributed by atoms with van der Waals surface area (Å²) >= 11 is 1.83. The number of nitrogens with one attached hydrogen (secondary N) is 1. The largest absolute Gasteiger partial charge is 0.310 e. The molecule has 1 N–H and O–H groups in total. The summed E-state index contributed by atoms with van der Waals surface area (Å²) < 4.78 is 1.37. The molecule has 1 atom stereocenters.